The molecule has 0 radical (unpaired) electrons. The summed E-state index contributed by atoms with van der Waals surface area (Å²) in [7, 11) is 0. The van der Waals surface area contributed by atoms with Crippen molar-refractivity contribution >= 4 is 12.1 Å². The molecule has 0 saturated carbocycles. The lowest BCUT2D eigenvalue weighted by atomic mass is 10.1. The van der Waals surface area contributed by atoms with Crippen LogP contribution in [0.15, 0.2) is 41.8 Å². The Balaban J connectivity index is 1.63. The molecule has 1 aliphatic heterocycles. The molecule has 4 atom stereocenters. The molecule has 4 N–H and O–H groups in total. The van der Waals surface area contributed by atoms with Crippen molar-refractivity contribution in [2.24, 2.45) is 5.10 Å². The molecular weight excluding hydrogens is 330 g/mol. The van der Waals surface area contributed by atoms with Gasteiger partial charge in [-0.1, -0.05) is 30.3 Å². The SMILES string of the molecule is O=C(N/N=C/c1ccccc1)c1ncn([C@@H]2O[C@H](CO)[C@@H](O)[C@H]2O)n1. The van der Waals surface area contributed by atoms with Crippen LogP contribution in [0.2, 0.25) is 0 Å². The van der Waals surface area contributed by atoms with E-state index in [0.29, 0.717) is 0 Å². The van der Waals surface area contributed by atoms with Crippen molar-refractivity contribution in [2.45, 2.75) is 24.5 Å². The maximum absolute atomic E-state index is 12.0. The third-order valence-electron chi connectivity index (χ3n) is 3.67. The Morgan fingerprint density at radius 2 is 2.08 bits per heavy atom. The third kappa shape index (κ3) is 3.72. The van der Waals surface area contributed by atoms with Crippen molar-refractivity contribution in [1.82, 2.24) is 20.2 Å². The fourth-order valence-corrected chi connectivity index (χ4v) is 2.35. The van der Waals surface area contributed by atoms with Gasteiger partial charge in [0.2, 0.25) is 5.82 Å². The van der Waals surface area contributed by atoms with Gasteiger partial charge in [0.15, 0.2) is 6.23 Å². The molecule has 25 heavy (non-hydrogen) atoms. The van der Waals surface area contributed by atoms with Gasteiger partial charge in [0.1, 0.15) is 24.6 Å². The van der Waals surface area contributed by atoms with Crippen LogP contribution in [0.4, 0.5) is 0 Å². The number of aromatic nitrogens is 3. The number of hydrazone groups is 1. The van der Waals surface area contributed by atoms with Crippen molar-refractivity contribution < 1.29 is 24.9 Å². The Kier molecular flexibility index (Phi) is 5.14. The first-order valence-corrected chi connectivity index (χ1v) is 7.52. The van der Waals surface area contributed by atoms with Crippen LogP contribution in [-0.2, 0) is 4.74 Å². The van der Waals surface area contributed by atoms with Crippen molar-refractivity contribution in [3.05, 3.63) is 48.0 Å². The first kappa shape index (κ1) is 17.2. The van der Waals surface area contributed by atoms with Gasteiger partial charge in [0, 0.05) is 0 Å². The second kappa shape index (κ2) is 7.49. The summed E-state index contributed by atoms with van der Waals surface area (Å²) in [5.41, 5.74) is 3.10. The van der Waals surface area contributed by atoms with E-state index in [-0.39, 0.29) is 5.82 Å². The lowest BCUT2D eigenvalue weighted by molar-refractivity contribution is -0.0588. The quantitative estimate of drug-likeness (QED) is 0.387. The summed E-state index contributed by atoms with van der Waals surface area (Å²) in [6, 6.07) is 9.19. The number of carbonyl (C=O) groups is 1. The summed E-state index contributed by atoms with van der Waals surface area (Å²) in [6.07, 6.45) is -1.87. The maximum atomic E-state index is 12.0. The van der Waals surface area contributed by atoms with Gasteiger partial charge in [0.05, 0.1) is 12.8 Å². The van der Waals surface area contributed by atoms with Gasteiger partial charge in [-0.3, -0.25) is 4.79 Å². The molecule has 1 saturated heterocycles. The summed E-state index contributed by atoms with van der Waals surface area (Å²) in [5, 5.41) is 36.5. The first-order valence-electron chi connectivity index (χ1n) is 7.52. The number of amides is 1. The van der Waals surface area contributed by atoms with E-state index in [9.17, 15) is 15.0 Å². The fraction of sp³-hybridized carbons (Fsp3) is 0.333. The van der Waals surface area contributed by atoms with Crippen molar-refractivity contribution in [1.29, 1.82) is 0 Å². The highest BCUT2D eigenvalue weighted by molar-refractivity contribution is 5.91. The molecule has 0 unspecified atom stereocenters. The highest BCUT2D eigenvalue weighted by Gasteiger charge is 2.44. The van der Waals surface area contributed by atoms with Crippen molar-refractivity contribution in [2.75, 3.05) is 6.61 Å². The van der Waals surface area contributed by atoms with Crippen molar-refractivity contribution in [3.63, 3.8) is 0 Å². The predicted molar refractivity (Wildman–Crippen MR) is 84.5 cm³/mol. The van der Waals surface area contributed by atoms with Crippen LogP contribution >= 0.6 is 0 Å². The molecule has 2 heterocycles. The van der Waals surface area contributed by atoms with E-state index in [1.165, 1.54) is 12.5 Å². The van der Waals surface area contributed by atoms with Crippen LogP contribution in [0.3, 0.4) is 0 Å². The van der Waals surface area contributed by atoms with Gasteiger partial charge in [0.25, 0.3) is 0 Å². The second-order valence-electron chi connectivity index (χ2n) is 5.39. The summed E-state index contributed by atoms with van der Waals surface area (Å²) >= 11 is 0. The Bertz CT molecular complexity index is 750. The zero-order valence-corrected chi connectivity index (χ0v) is 13.0. The Morgan fingerprint density at radius 1 is 1.32 bits per heavy atom. The van der Waals surface area contributed by atoms with E-state index < -0.39 is 37.1 Å². The summed E-state index contributed by atoms with van der Waals surface area (Å²) in [6.45, 7) is -0.453. The number of hydrogen-bond acceptors (Lipinski definition) is 8. The fourth-order valence-electron chi connectivity index (χ4n) is 2.35. The number of nitrogens with one attached hydrogen (secondary N) is 1. The maximum Gasteiger partial charge on any atom is 0.310 e. The van der Waals surface area contributed by atoms with E-state index in [2.05, 4.69) is 20.6 Å². The zero-order valence-electron chi connectivity index (χ0n) is 13.0. The van der Waals surface area contributed by atoms with Crippen LogP contribution in [0.5, 0.6) is 0 Å². The Hall–Kier alpha value is -2.66. The molecule has 10 heteroatoms. The zero-order chi connectivity index (χ0) is 17.8. The molecule has 3 rings (SSSR count). The monoisotopic (exact) mass is 347 g/mol. The minimum absolute atomic E-state index is 0.178. The van der Waals surface area contributed by atoms with E-state index >= 15 is 0 Å². The predicted octanol–water partition coefficient (Wildman–Crippen LogP) is -1.35. The molecule has 1 aromatic carbocycles. The molecular formula is C15H17N5O5. The summed E-state index contributed by atoms with van der Waals surface area (Å²) in [4.78, 5) is 15.8. The lowest BCUT2D eigenvalue weighted by Gasteiger charge is -2.13. The van der Waals surface area contributed by atoms with E-state index in [0.717, 1.165) is 10.2 Å². The van der Waals surface area contributed by atoms with Crippen LogP contribution < -0.4 is 5.43 Å². The highest BCUT2D eigenvalue weighted by Crippen LogP contribution is 2.28. The average molecular weight is 347 g/mol. The molecule has 1 amide bonds. The summed E-state index contributed by atoms with van der Waals surface area (Å²) < 4.78 is 6.41. The van der Waals surface area contributed by atoms with Gasteiger partial charge in [-0.25, -0.2) is 15.1 Å². The molecule has 0 bridgehead atoms. The van der Waals surface area contributed by atoms with Crippen LogP contribution in [0, 0.1) is 0 Å². The van der Waals surface area contributed by atoms with Gasteiger partial charge >= 0.3 is 5.91 Å². The number of aliphatic hydroxyl groups is 3. The molecule has 1 aromatic heterocycles. The third-order valence-corrected chi connectivity index (χ3v) is 3.67. The van der Waals surface area contributed by atoms with E-state index in [1.54, 1.807) is 0 Å². The number of rotatable bonds is 5. The van der Waals surface area contributed by atoms with E-state index in [1.807, 2.05) is 30.3 Å². The molecule has 132 valence electrons. The van der Waals surface area contributed by atoms with Crippen LogP contribution in [0.25, 0.3) is 0 Å². The smallest absolute Gasteiger partial charge is 0.310 e. The molecule has 10 nitrogen and oxygen atoms in total. The number of carbonyl (C=O) groups excluding carboxylic acids is 1. The van der Waals surface area contributed by atoms with Gasteiger partial charge in [-0.15, -0.1) is 5.10 Å². The number of hydrogen-bond donors (Lipinski definition) is 4. The van der Waals surface area contributed by atoms with Crippen LogP contribution in [-0.4, -0.2) is 67.1 Å². The molecule has 0 aliphatic carbocycles. The van der Waals surface area contributed by atoms with Gasteiger partial charge in [-0.2, -0.15) is 5.10 Å². The topological polar surface area (TPSA) is 142 Å². The molecule has 1 fully saturated rings. The van der Waals surface area contributed by atoms with Gasteiger partial charge in [-0.05, 0) is 5.56 Å². The number of nitrogens with zero attached hydrogens (tertiary/aromatic N) is 4. The second-order valence-corrected chi connectivity index (χ2v) is 5.39. The first-order chi connectivity index (χ1) is 12.1. The standard InChI is InChI=1S/C15H17N5O5/c21-7-10-11(22)12(23)15(25-10)20-8-16-13(19-20)14(24)18-17-6-9-4-2-1-3-5-9/h1-6,8,10-12,15,21-23H,7H2,(H,18,24)/b17-6+/t10-,11-,12-,15-/m1/s1. The van der Waals surface area contributed by atoms with Crippen LogP contribution in [0.1, 0.15) is 22.4 Å². The minimum atomic E-state index is -1.30. The lowest BCUT2D eigenvalue weighted by Crippen LogP contribution is -2.33. The normalized spacial score (nSPS) is 26.2. The van der Waals surface area contributed by atoms with Gasteiger partial charge < -0.3 is 20.1 Å². The number of aliphatic hydroxyl groups excluding tert-OH is 3. The molecule has 1 aliphatic rings. The van der Waals surface area contributed by atoms with E-state index in [4.69, 9.17) is 9.84 Å². The molecule has 0 spiro atoms. The summed E-state index contributed by atoms with van der Waals surface area (Å²) in [5.74, 6) is -0.819. The average Bonchev–Trinajstić information content (AvgIpc) is 3.22. The minimum Gasteiger partial charge on any atom is -0.394 e. The largest absolute Gasteiger partial charge is 0.394 e. The van der Waals surface area contributed by atoms with Crippen molar-refractivity contribution in [3.8, 4) is 0 Å². The molecule has 2 aromatic rings. The number of ether oxygens (including phenoxy) is 1. The number of benzene rings is 1. The Morgan fingerprint density at radius 3 is 2.76 bits per heavy atom. The Labute approximate surface area is 142 Å². The highest BCUT2D eigenvalue weighted by atomic mass is 16.6.